The standard InChI is InChI=1S/2C24H25F4N3O2S2.Mg/c2*1-12(2)34-21-18(14-7-9-15(10-8-14)24(26,27)28)29-22(35-21)23(16-5-4-6-17(25)11-16)13(3)30-31-19(23)20(32)33;/h2*4-7,11-12,15,19,31H,8-10H2,1-3H3,(H,32,33);/q;;+2/p-2. The molecule has 0 fully saturated rings. The number of hydrogen-bond acceptors (Lipinski definition) is 14. The van der Waals surface area contributed by atoms with Crippen molar-refractivity contribution in [2.24, 2.45) is 22.0 Å². The summed E-state index contributed by atoms with van der Waals surface area (Å²) in [4.78, 5) is 34.1. The third kappa shape index (κ3) is 11.4. The molecule has 2 aliphatic carbocycles. The van der Waals surface area contributed by atoms with Crippen LogP contribution < -0.4 is 21.1 Å². The van der Waals surface area contributed by atoms with E-state index in [1.807, 2.05) is 27.7 Å². The van der Waals surface area contributed by atoms with Gasteiger partial charge in [0.15, 0.2) is 0 Å². The predicted molar refractivity (Wildman–Crippen MR) is 259 cm³/mol. The number of nitrogens with one attached hydrogen (secondary N) is 2. The fourth-order valence-electron chi connectivity index (χ4n) is 9.23. The van der Waals surface area contributed by atoms with Gasteiger partial charge in [0, 0.05) is 10.5 Å². The van der Waals surface area contributed by atoms with Crippen LogP contribution in [0, 0.1) is 23.5 Å². The number of hydrogen-bond donors (Lipinski definition) is 2. The summed E-state index contributed by atoms with van der Waals surface area (Å²) in [5.74, 6) is -6.70. The first-order chi connectivity index (χ1) is 32.9. The Morgan fingerprint density at radius 3 is 1.32 bits per heavy atom. The number of benzene rings is 2. The third-order valence-corrected chi connectivity index (χ3v) is 17.5. The molecule has 4 heterocycles. The SMILES string of the molecule is CC1=NNC(C(=O)[O-])C1(c1cccc(F)c1)c1nc(C2=CCC(C(F)(F)F)CC2)c(SC(C)C)s1.CC1=NNC(C(=O)[O-])C1(c1cccc(F)c1)c1nc(C2=CCC(C(F)(F)F)CC2)c(SC(C)C)s1.[Mg+2]. The first-order valence-corrected chi connectivity index (χ1v) is 25.7. The second-order valence-corrected chi connectivity index (χ2v) is 23.6. The molecule has 0 saturated heterocycles. The molecule has 6 atom stereocenters. The van der Waals surface area contributed by atoms with E-state index in [0.29, 0.717) is 55.1 Å². The molecule has 71 heavy (non-hydrogen) atoms. The molecule has 23 heteroatoms. The van der Waals surface area contributed by atoms with E-state index in [2.05, 4.69) is 21.1 Å². The molecule has 0 bridgehead atoms. The summed E-state index contributed by atoms with van der Waals surface area (Å²) in [6.07, 6.45) is -5.24. The molecular formula is C48H48F8MgN6O4S4. The van der Waals surface area contributed by atoms with E-state index in [-0.39, 0.29) is 72.1 Å². The number of carbonyl (C=O) groups is 2. The molecular weight excluding hydrogens is 1030 g/mol. The van der Waals surface area contributed by atoms with E-state index in [9.17, 15) is 54.9 Å². The van der Waals surface area contributed by atoms with Crippen LogP contribution in [-0.2, 0) is 20.4 Å². The Labute approximate surface area is 437 Å². The van der Waals surface area contributed by atoms with Crippen LogP contribution in [0.2, 0.25) is 0 Å². The molecule has 4 aliphatic rings. The van der Waals surface area contributed by atoms with Crippen molar-refractivity contribution in [3.8, 4) is 0 Å². The molecule has 4 aromatic rings. The van der Waals surface area contributed by atoms with Crippen molar-refractivity contribution in [3.63, 3.8) is 0 Å². The van der Waals surface area contributed by atoms with Gasteiger partial charge in [0.05, 0.1) is 55.0 Å². The number of carboxylic acid groups (broad SMARTS) is 2. The maximum Gasteiger partial charge on any atom is 2.00 e. The van der Waals surface area contributed by atoms with Gasteiger partial charge in [-0.05, 0) is 98.9 Å². The van der Waals surface area contributed by atoms with Crippen LogP contribution in [0.15, 0.2) is 79.3 Å². The van der Waals surface area contributed by atoms with Crippen molar-refractivity contribution in [2.75, 3.05) is 0 Å². The van der Waals surface area contributed by atoms with Gasteiger partial charge in [-0.1, -0.05) is 64.1 Å². The number of aliphatic carboxylic acids is 2. The Hall–Kier alpha value is -4.03. The number of aromatic nitrogens is 2. The zero-order valence-corrected chi connectivity index (χ0v) is 43.9. The summed E-state index contributed by atoms with van der Waals surface area (Å²) in [5.41, 5.74) is 6.35. The fourth-order valence-corrected chi connectivity index (χ4v) is 14.9. The summed E-state index contributed by atoms with van der Waals surface area (Å²) in [5, 5.41) is 33.8. The maximum atomic E-state index is 14.3. The molecule has 376 valence electrons. The number of carboxylic acids is 2. The van der Waals surface area contributed by atoms with Crippen molar-refractivity contribution >= 4 is 104 Å². The average Bonchev–Trinajstić information content (AvgIpc) is 4.06. The van der Waals surface area contributed by atoms with Crippen LogP contribution >= 0.6 is 46.2 Å². The second-order valence-electron chi connectivity index (χ2n) is 17.9. The number of thiazole rings is 2. The molecule has 2 aromatic heterocycles. The van der Waals surface area contributed by atoms with Crippen LogP contribution in [0.4, 0.5) is 35.1 Å². The largest absolute Gasteiger partial charge is 2.00 e. The molecule has 2 N–H and O–H groups in total. The Bertz CT molecular complexity index is 2570. The van der Waals surface area contributed by atoms with Crippen molar-refractivity contribution < 1.29 is 54.9 Å². The Morgan fingerprint density at radius 2 is 1.04 bits per heavy atom. The minimum atomic E-state index is -4.25. The van der Waals surface area contributed by atoms with Crippen LogP contribution in [0.1, 0.15) is 113 Å². The van der Waals surface area contributed by atoms with Crippen molar-refractivity contribution in [2.45, 2.75) is 134 Å². The number of nitrogens with zero attached hydrogens (tertiary/aromatic N) is 4. The Kier molecular flexibility index (Phi) is 17.6. The number of alkyl halides is 6. The van der Waals surface area contributed by atoms with Gasteiger partial charge in [-0.3, -0.25) is 10.9 Å². The summed E-state index contributed by atoms with van der Waals surface area (Å²) < 4.78 is 109. The van der Waals surface area contributed by atoms with Gasteiger partial charge in [-0.25, -0.2) is 18.7 Å². The summed E-state index contributed by atoms with van der Waals surface area (Å²) in [6.45, 7) is 11.2. The Morgan fingerprint density at radius 1 is 0.676 bits per heavy atom. The number of thioether (sulfide) groups is 2. The smallest absolute Gasteiger partial charge is 0.548 e. The Balaban J connectivity index is 0.000000229. The normalized spacial score (nSPS) is 24.5. The van der Waals surface area contributed by atoms with Gasteiger partial charge in [0.25, 0.3) is 0 Å². The van der Waals surface area contributed by atoms with E-state index >= 15 is 0 Å². The zero-order valence-electron chi connectivity index (χ0n) is 39.3. The third-order valence-electron chi connectivity index (χ3n) is 12.7. The monoisotopic (exact) mass is 1080 g/mol. The maximum absolute atomic E-state index is 14.3. The number of carbonyl (C=O) groups excluding carboxylic acids is 2. The molecule has 2 aromatic carbocycles. The zero-order chi connectivity index (χ0) is 51.1. The summed E-state index contributed by atoms with van der Waals surface area (Å²) in [7, 11) is 0. The molecule has 0 spiro atoms. The van der Waals surface area contributed by atoms with Gasteiger partial charge < -0.3 is 19.8 Å². The van der Waals surface area contributed by atoms with Gasteiger partial charge in [0.2, 0.25) is 0 Å². The van der Waals surface area contributed by atoms with Crippen LogP contribution in [0.3, 0.4) is 0 Å². The molecule has 0 saturated carbocycles. The molecule has 10 nitrogen and oxygen atoms in total. The number of allylic oxidation sites excluding steroid dienone is 4. The van der Waals surface area contributed by atoms with Crippen LogP contribution in [-0.4, -0.2) is 91.3 Å². The van der Waals surface area contributed by atoms with Gasteiger partial charge in [-0.15, -0.1) is 46.2 Å². The minimum absolute atomic E-state index is 0. The first-order valence-electron chi connectivity index (χ1n) is 22.3. The summed E-state index contributed by atoms with van der Waals surface area (Å²) >= 11 is 5.54. The first kappa shape index (κ1) is 56.3. The van der Waals surface area contributed by atoms with Crippen molar-refractivity contribution in [1.82, 2.24) is 20.8 Å². The van der Waals surface area contributed by atoms with E-state index in [1.165, 1.54) is 82.6 Å². The topological polar surface area (TPSA) is 155 Å². The molecule has 0 radical (unpaired) electrons. The molecule has 6 unspecified atom stereocenters. The van der Waals surface area contributed by atoms with E-state index in [1.54, 1.807) is 38.1 Å². The quantitative estimate of drug-likeness (QED) is 0.0797. The van der Waals surface area contributed by atoms with Gasteiger partial charge in [-0.2, -0.15) is 36.5 Å². The predicted octanol–water partition coefficient (Wildman–Crippen LogP) is 9.44. The second kappa shape index (κ2) is 22.2. The average molecular weight is 1080 g/mol. The van der Waals surface area contributed by atoms with Crippen molar-refractivity contribution in [1.29, 1.82) is 0 Å². The van der Waals surface area contributed by atoms with E-state index in [4.69, 9.17) is 9.97 Å². The van der Waals surface area contributed by atoms with Gasteiger partial charge in [0.1, 0.15) is 44.6 Å². The van der Waals surface area contributed by atoms with Gasteiger partial charge >= 0.3 is 35.4 Å². The number of rotatable bonds is 12. The van der Waals surface area contributed by atoms with Crippen molar-refractivity contribution in [3.05, 3.63) is 105 Å². The van der Waals surface area contributed by atoms with E-state index < -0.39 is 70.7 Å². The molecule has 8 rings (SSSR count). The molecule has 2 aliphatic heterocycles. The van der Waals surface area contributed by atoms with Crippen LogP contribution in [0.5, 0.6) is 0 Å². The minimum Gasteiger partial charge on any atom is -0.548 e. The van der Waals surface area contributed by atoms with E-state index in [0.717, 1.165) is 8.42 Å². The summed E-state index contributed by atoms with van der Waals surface area (Å²) in [6, 6.07) is 8.58. The number of halogens is 8. The fraction of sp³-hybridized carbons (Fsp3) is 0.458. The molecule has 0 amide bonds. The number of hydrazone groups is 2. The van der Waals surface area contributed by atoms with Crippen LogP contribution in [0.25, 0.3) is 11.1 Å².